The molecule has 1 aliphatic heterocycles. The van der Waals surface area contributed by atoms with E-state index in [1.54, 1.807) is 17.0 Å². The van der Waals surface area contributed by atoms with Crippen LogP contribution >= 0.6 is 0 Å². The quantitative estimate of drug-likeness (QED) is 0.696. The van der Waals surface area contributed by atoms with Crippen LogP contribution in [0.5, 0.6) is 5.75 Å². The number of halogens is 3. The Bertz CT molecular complexity index is 904. The third-order valence-corrected chi connectivity index (χ3v) is 5.30. The summed E-state index contributed by atoms with van der Waals surface area (Å²) in [6, 6.07) is 14.9. The lowest BCUT2D eigenvalue weighted by Gasteiger charge is -2.33. The second-order valence-electron chi connectivity index (χ2n) is 7.72. The standard InChI is InChI=1S/C23H26F3N3O3/c1-32-20-11-9-19(10-12-20)29(16-23(24,25)26)21(30)15-28-13-5-6-17(14-28)22(31)27-18-7-3-2-4-8-18/h2-4,7-12,17H,5-6,13-16H2,1H3,(H,27,31)/t17-/m0/s1. The van der Waals surface area contributed by atoms with Crippen molar-refractivity contribution in [3.05, 3.63) is 54.6 Å². The monoisotopic (exact) mass is 449 g/mol. The van der Waals surface area contributed by atoms with Crippen LogP contribution in [0.4, 0.5) is 24.5 Å². The van der Waals surface area contributed by atoms with Gasteiger partial charge >= 0.3 is 6.18 Å². The Morgan fingerprint density at radius 1 is 1.12 bits per heavy atom. The smallest absolute Gasteiger partial charge is 0.406 e. The molecular weight excluding hydrogens is 423 g/mol. The Balaban J connectivity index is 1.65. The van der Waals surface area contributed by atoms with E-state index in [4.69, 9.17) is 4.74 Å². The van der Waals surface area contributed by atoms with Crippen molar-refractivity contribution in [1.82, 2.24) is 4.90 Å². The van der Waals surface area contributed by atoms with Gasteiger partial charge in [0.2, 0.25) is 11.8 Å². The Hall–Kier alpha value is -3.07. The normalized spacial score (nSPS) is 16.9. The number of nitrogens with zero attached hydrogens (tertiary/aromatic N) is 2. The lowest BCUT2D eigenvalue weighted by molar-refractivity contribution is -0.133. The minimum atomic E-state index is -4.55. The van der Waals surface area contributed by atoms with Crippen LogP contribution in [0, 0.1) is 5.92 Å². The fourth-order valence-electron chi connectivity index (χ4n) is 3.72. The number of ether oxygens (including phenoxy) is 1. The first-order valence-electron chi connectivity index (χ1n) is 10.3. The first-order chi connectivity index (χ1) is 15.2. The molecule has 1 N–H and O–H groups in total. The van der Waals surface area contributed by atoms with E-state index in [1.807, 2.05) is 18.2 Å². The molecule has 0 aromatic heterocycles. The minimum Gasteiger partial charge on any atom is -0.497 e. The summed E-state index contributed by atoms with van der Waals surface area (Å²) in [7, 11) is 1.45. The molecule has 172 valence electrons. The number of hydrogen-bond donors (Lipinski definition) is 1. The zero-order valence-corrected chi connectivity index (χ0v) is 17.8. The molecule has 0 bridgehead atoms. The van der Waals surface area contributed by atoms with Crippen molar-refractivity contribution in [3.8, 4) is 5.75 Å². The molecule has 1 atom stereocenters. The second kappa shape index (κ2) is 10.5. The Morgan fingerprint density at radius 2 is 1.81 bits per heavy atom. The summed E-state index contributed by atoms with van der Waals surface area (Å²) < 4.78 is 44.5. The fourth-order valence-corrected chi connectivity index (χ4v) is 3.72. The maximum Gasteiger partial charge on any atom is 0.406 e. The van der Waals surface area contributed by atoms with E-state index in [9.17, 15) is 22.8 Å². The minimum absolute atomic E-state index is 0.142. The number of anilines is 2. The van der Waals surface area contributed by atoms with E-state index in [-0.39, 0.29) is 24.1 Å². The van der Waals surface area contributed by atoms with Gasteiger partial charge in [0.15, 0.2) is 0 Å². The molecule has 1 aliphatic rings. The molecule has 2 amide bonds. The predicted octanol–water partition coefficient (Wildman–Crippen LogP) is 3.94. The van der Waals surface area contributed by atoms with E-state index in [0.29, 0.717) is 37.4 Å². The first-order valence-corrected chi connectivity index (χ1v) is 10.3. The average Bonchev–Trinajstić information content (AvgIpc) is 2.78. The lowest BCUT2D eigenvalue weighted by atomic mass is 9.97. The second-order valence-corrected chi connectivity index (χ2v) is 7.72. The van der Waals surface area contributed by atoms with Crippen molar-refractivity contribution in [2.75, 3.05) is 43.5 Å². The Kier molecular flexibility index (Phi) is 7.74. The number of methoxy groups -OCH3 is 1. The highest BCUT2D eigenvalue weighted by atomic mass is 19.4. The van der Waals surface area contributed by atoms with Gasteiger partial charge in [0.05, 0.1) is 19.6 Å². The van der Waals surface area contributed by atoms with Crippen molar-refractivity contribution in [2.24, 2.45) is 5.92 Å². The number of likely N-dealkylation sites (tertiary alicyclic amines) is 1. The van der Waals surface area contributed by atoms with Crippen molar-refractivity contribution < 1.29 is 27.5 Å². The van der Waals surface area contributed by atoms with E-state index in [0.717, 1.165) is 4.90 Å². The molecule has 9 heteroatoms. The van der Waals surface area contributed by atoms with Gasteiger partial charge in [-0.1, -0.05) is 18.2 Å². The van der Waals surface area contributed by atoms with Gasteiger partial charge in [-0.2, -0.15) is 13.2 Å². The van der Waals surface area contributed by atoms with Crippen LogP contribution in [0.15, 0.2) is 54.6 Å². The molecule has 1 fully saturated rings. The van der Waals surface area contributed by atoms with Gasteiger partial charge in [-0.05, 0) is 55.8 Å². The average molecular weight is 449 g/mol. The summed E-state index contributed by atoms with van der Waals surface area (Å²) >= 11 is 0. The number of para-hydroxylation sites is 1. The van der Waals surface area contributed by atoms with Crippen LogP contribution < -0.4 is 15.0 Å². The zero-order chi connectivity index (χ0) is 23.1. The largest absolute Gasteiger partial charge is 0.497 e. The number of nitrogens with one attached hydrogen (secondary N) is 1. The molecule has 0 radical (unpaired) electrons. The highest BCUT2D eigenvalue weighted by molar-refractivity contribution is 5.95. The molecule has 0 aliphatic carbocycles. The molecule has 0 saturated carbocycles. The number of carbonyl (C=O) groups excluding carboxylic acids is 2. The lowest BCUT2D eigenvalue weighted by Crippen LogP contribution is -2.48. The van der Waals surface area contributed by atoms with E-state index in [1.165, 1.54) is 31.4 Å². The summed E-state index contributed by atoms with van der Waals surface area (Å²) in [4.78, 5) is 27.9. The van der Waals surface area contributed by atoms with Crippen molar-refractivity contribution in [2.45, 2.75) is 19.0 Å². The third kappa shape index (κ3) is 6.71. The predicted molar refractivity (Wildman–Crippen MR) is 116 cm³/mol. The van der Waals surface area contributed by atoms with Gasteiger partial charge in [-0.25, -0.2) is 0 Å². The Labute approximate surface area is 184 Å². The molecule has 0 unspecified atom stereocenters. The molecular formula is C23H26F3N3O3. The van der Waals surface area contributed by atoms with Crippen LogP contribution in [-0.4, -0.2) is 56.2 Å². The summed E-state index contributed by atoms with van der Waals surface area (Å²) in [5, 5.41) is 2.85. The van der Waals surface area contributed by atoms with Gasteiger partial charge in [-0.3, -0.25) is 14.5 Å². The molecule has 3 rings (SSSR count). The number of carbonyl (C=O) groups is 2. The van der Waals surface area contributed by atoms with Crippen LogP contribution in [0.1, 0.15) is 12.8 Å². The van der Waals surface area contributed by atoms with Gasteiger partial charge in [0.1, 0.15) is 12.3 Å². The SMILES string of the molecule is COc1ccc(N(CC(F)(F)F)C(=O)CN2CCC[C@H](C(=O)Nc3ccccc3)C2)cc1. The summed E-state index contributed by atoms with van der Waals surface area (Å²) in [6.45, 7) is -0.725. The molecule has 2 aromatic rings. The number of benzene rings is 2. The maximum atomic E-state index is 13.2. The Morgan fingerprint density at radius 3 is 2.44 bits per heavy atom. The zero-order valence-electron chi connectivity index (χ0n) is 17.8. The van der Waals surface area contributed by atoms with Crippen molar-refractivity contribution in [1.29, 1.82) is 0 Å². The topological polar surface area (TPSA) is 61.9 Å². The number of hydrogen-bond acceptors (Lipinski definition) is 4. The van der Waals surface area contributed by atoms with Crippen LogP contribution in [0.25, 0.3) is 0 Å². The van der Waals surface area contributed by atoms with Crippen LogP contribution in [-0.2, 0) is 9.59 Å². The highest BCUT2D eigenvalue weighted by Crippen LogP contribution is 2.25. The van der Waals surface area contributed by atoms with E-state index in [2.05, 4.69) is 5.32 Å². The number of amides is 2. The van der Waals surface area contributed by atoms with Crippen molar-refractivity contribution >= 4 is 23.2 Å². The summed E-state index contributed by atoms with van der Waals surface area (Å²) in [5.41, 5.74) is 0.824. The van der Waals surface area contributed by atoms with Crippen LogP contribution in [0.2, 0.25) is 0 Å². The summed E-state index contributed by atoms with van der Waals surface area (Å²) in [5.74, 6) is -0.683. The number of rotatable bonds is 7. The maximum absolute atomic E-state index is 13.2. The van der Waals surface area contributed by atoms with Gasteiger partial charge in [0.25, 0.3) is 0 Å². The van der Waals surface area contributed by atoms with Gasteiger partial charge in [0, 0.05) is 17.9 Å². The van der Waals surface area contributed by atoms with E-state index >= 15 is 0 Å². The number of piperidine rings is 1. The first kappa shape index (κ1) is 23.6. The van der Waals surface area contributed by atoms with E-state index < -0.39 is 18.6 Å². The highest BCUT2D eigenvalue weighted by Gasteiger charge is 2.35. The van der Waals surface area contributed by atoms with Crippen molar-refractivity contribution in [3.63, 3.8) is 0 Å². The molecule has 1 heterocycles. The molecule has 6 nitrogen and oxygen atoms in total. The van der Waals surface area contributed by atoms with Gasteiger partial charge < -0.3 is 15.0 Å². The molecule has 0 spiro atoms. The summed E-state index contributed by atoms with van der Waals surface area (Å²) in [6.07, 6.45) is -3.20. The van der Waals surface area contributed by atoms with Crippen LogP contribution in [0.3, 0.4) is 0 Å². The molecule has 2 aromatic carbocycles. The molecule has 32 heavy (non-hydrogen) atoms. The third-order valence-electron chi connectivity index (χ3n) is 5.30. The fraction of sp³-hybridized carbons (Fsp3) is 0.391. The number of alkyl halides is 3. The molecule has 1 saturated heterocycles. The van der Waals surface area contributed by atoms with Gasteiger partial charge in [-0.15, -0.1) is 0 Å².